The van der Waals surface area contributed by atoms with Crippen LogP contribution in [0.2, 0.25) is 0 Å². The molecular formula is C22H22N4O3S. The minimum absolute atomic E-state index is 0.150. The van der Waals surface area contributed by atoms with Crippen LogP contribution < -0.4 is 14.8 Å². The Balaban J connectivity index is 1.55. The zero-order valence-corrected chi connectivity index (χ0v) is 18.0. The molecular weight excluding hydrogens is 400 g/mol. The summed E-state index contributed by atoms with van der Waals surface area (Å²) in [5.41, 5.74) is 4.04. The largest absolute Gasteiger partial charge is 0.493 e. The maximum absolute atomic E-state index is 12.5. The highest BCUT2D eigenvalue weighted by Gasteiger charge is 2.16. The second kappa shape index (κ2) is 8.16. The Kier molecular flexibility index (Phi) is 5.41. The van der Waals surface area contributed by atoms with Gasteiger partial charge in [-0.3, -0.25) is 4.79 Å². The first kappa shape index (κ1) is 19.9. The number of fused-ring (bicyclic) bond motifs is 1. The number of ether oxygens (including phenoxy) is 2. The summed E-state index contributed by atoms with van der Waals surface area (Å²) in [7, 11) is 1.56. The fraction of sp³-hybridized carbons (Fsp3) is 0.227. The second-order valence-corrected chi connectivity index (χ2v) is 8.00. The number of benzene rings is 2. The number of carbonyl (C=O) groups excluding carboxylic acids is 1. The number of hydrogen-bond donors (Lipinski definition) is 1. The molecule has 8 heteroatoms. The molecule has 0 fully saturated rings. The van der Waals surface area contributed by atoms with Gasteiger partial charge in [0.15, 0.2) is 18.1 Å². The molecule has 7 nitrogen and oxygen atoms in total. The van der Waals surface area contributed by atoms with Gasteiger partial charge in [-0.25, -0.2) is 4.98 Å². The molecule has 0 radical (unpaired) electrons. The number of thiazole rings is 1. The fourth-order valence-corrected chi connectivity index (χ4v) is 4.35. The van der Waals surface area contributed by atoms with E-state index in [1.807, 2.05) is 32.0 Å². The van der Waals surface area contributed by atoms with E-state index < -0.39 is 0 Å². The molecule has 2 aromatic carbocycles. The molecule has 30 heavy (non-hydrogen) atoms. The lowest BCUT2D eigenvalue weighted by Crippen LogP contribution is -2.22. The molecule has 2 aromatic heterocycles. The fourth-order valence-electron chi connectivity index (χ4n) is 3.24. The normalized spacial score (nSPS) is 10.9. The van der Waals surface area contributed by atoms with Gasteiger partial charge in [0.25, 0.3) is 5.91 Å². The van der Waals surface area contributed by atoms with Crippen molar-refractivity contribution >= 4 is 33.3 Å². The Bertz CT molecular complexity index is 1230. The molecule has 4 aromatic rings. The number of anilines is 1. The van der Waals surface area contributed by atoms with Gasteiger partial charge < -0.3 is 14.8 Å². The molecule has 4 rings (SSSR count). The van der Waals surface area contributed by atoms with Crippen molar-refractivity contribution in [2.45, 2.75) is 20.8 Å². The Morgan fingerprint density at radius 1 is 1.13 bits per heavy atom. The molecule has 0 bridgehead atoms. The van der Waals surface area contributed by atoms with Crippen LogP contribution in [0.3, 0.4) is 0 Å². The predicted octanol–water partition coefficient (Wildman–Crippen LogP) is 4.43. The van der Waals surface area contributed by atoms with E-state index in [1.165, 1.54) is 16.9 Å². The van der Waals surface area contributed by atoms with Gasteiger partial charge in [-0.05, 0) is 50.1 Å². The molecule has 0 unspecified atom stereocenters. The molecule has 154 valence electrons. The Morgan fingerprint density at radius 3 is 2.67 bits per heavy atom. The number of amides is 1. The number of aryl methyl sites for hydroxylation is 3. The summed E-state index contributed by atoms with van der Waals surface area (Å²) in [6.07, 6.45) is 0. The minimum Gasteiger partial charge on any atom is -0.493 e. The molecule has 2 heterocycles. The van der Waals surface area contributed by atoms with Gasteiger partial charge in [0, 0.05) is 6.07 Å². The molecule has 1 amide bonds. The predicted molar refractivity (Wildman–Crippen MR) is 118 cm³/mol. The van der Waals surface area contributed by atoms with E-state index in [4.69, 9.17) is 14.5 Å². The number of para-hydroxylation sites is 2. The Morgan fingerprint density at radius 2 is 1.90 bits per heavy atom. The summed E-state index contributed by atoms with van der Waals surface area (Å²) < 4.78 is 13.6. The van der Waals surface area contributed by atoms with Gasteiger partial charge in [-0.2, -0.15) is 9.78 Å². The first-order valence-corrected chi connectivity index (χ1v) is 10.3. The van der Waals surface area contributed by atoms with Crippen LogP contribution >= 0.6 is 11.3 Å². The van der Waals surface area contributed by atoms with Gasteiger partial charge in [0.2, 0.25) is 5.13 Å². The van der Waals surface area contributed by atoms with Gasteiger partial charge in [0.1, 0.15) is 5.82 Å². The monoisotopic (exact) mass is 422 g/mol. The van der Waals surface area contributed by atoms with Crippen molar-refractivity contribution in [3.05, 3.63) is 59.3 Å². The third kappa shape index (κ3) is 3.99. The number of carbonyl (C=O) groups is 1. The first-order chi connectivity index (χ1) is 14.4. The molecule has 0 spiro atoms. The van der Waals surface area contributed by atoms with Crippen LogP contribution in [0.4, 0.5) is 5.82 Å². The van der Waals surface area contributed by atoms with E-state index in [2.05, 4.69) is 29.5 Å². The topological polar surface area (TPSA) is 78.3 Å². The van der Waals surface area contributed by atoms with Crippen molar-refractivity contribution < 1.29 is 14.3 Å². The summed E-state index contributed by atoms with van der Waals surface area (Å²) >= 11 is 1.54. The van der Waals surface area contributed by atoms with Crippen LogP contribution in [0, 0.1) is 20.8 Å². The van der Waals surface area contributed by atoms with Crippen molar-refractivity contribution in [1.82, 2.24) is 14.8 Å². The van der Waals surface area contributed by atoms with E-state index in [-0.39, 0.29) is 12.5 Å². The molecule has 0 aliphatic rings. The van der Waals surface area contributed by atoms with Crippen molar-refractivity contribution in [2.75, 3.05) is 19.0 Å². The molecule has 0 saturated heterocycles. The minimum atomic E-state index is -0.296. The van der Waals surface area contributed by atoms with Crippen molar-refractivity contribution in [2.24, 2.45) is 0 Å². The second-order valence-electron chi connectivity index (χ2n) is 7.00. The van der Waals surface area contributed by atoms with Crippen LogP contribution in [0.1, 0.15) is 16.8 Å². The van der Waals surface area contributed by atoms with Crippen molar-refractivity contribution in [3.63, 3.8) is 0 Å². The molecule has 0 aliphatic heterocycles. The number of aromatic nitrogens is 3. The maximum Gasteiger partial charge on any atom is 0.263 e. The molecule has 1 N–H and O–H groups in total. The van der Waals surface area contributed by atoms with E-state index in [0.29, 0.717) is 22.4 Å². The number of hydrogen-bond acceptors (Lipinski definition) is 6. The highest BCUT2D eigenvalue weighted by Crippen LogP contribution is 2.30. The summed E-state index contributed by atoms with van der Waals surface area (Å²) in [5, 5.41) is 8.09. The summed E-state index contributed by atoms with van der Waals surface area (Å²) in [6, 6.07) is 13.2. The van der Waals surface area contributed by atoms with E-state index >= 15 is 0 Å². The zero-order chi connectivity index (χ0) is 21.3. The van der Waals surface area contributed by atoms with E-state index in [9.17, 15) is 4.79 Å². The lowest BCUT2D eigenvalue weighted by molar-refractivity contribution is -0.118. The van der Waals surface area contributed by atoms with Gasteiger partial charge in [-0.1, -0.05) is 29.5 Å². The quantitative estimate of drug-likeness (QED) is 0.497. The van der Waals surface area contributed by atoms with E-state index in [1.54, 1.807) is 23.9 Å². The third-order valence-corrected chi connectivity index (χ3v) is 5.50. The van der Waals surface area contributed by atoms with Crippen LogP contribution in [0.15, 0.2) is 42.5 Å². The zero-order valence-electron chi connectivity index (χ0n) is 17.2. The lowest BCUT2D eigenvalue weighted by Gasteiger charge is -2.10. The standard InChI is InChI=1S/C22H22N4O3S/c1-13-9-14(2)21-18(10-13)30-22(24-21)26-19(11-15(3)25-26)23-20(27)12-29-17-8-6-5-7-16(17)28-4/h5-11H,12H2,1-4H3,(H,23,27). The summed E-state index contributed by atoms with van der Waals surface area (Å²) in [4.78, 5) is 17.3. The average molecular weight is 423 g/mol. The number of rotatable bonds is 6. The van der Waals surface area contributed by atoms with Crippen LogP contribution in [-0.4, -0.2) is 34.4 Å². The summed E-state index contributed by atoms with van der Waals surface area (Å²) in [6.45, 7) is 5.84. The average Bonchev–Trinajstić information content (AvgIpc) is 3.29. The smallest absolute Gasteiger partial charge is 0.263 e. The molecule has 0 saturated carbocycles. The Labute approximate surface area is 178 Å². The van der Waals surface area contributed by atoms with Crippen LogP contribution in [0.25, 0.3) is 15.3 Å². The number of methoxy groups -OCH3 is 1. The Hall–Kier alpha value is -3.39. The van der Waals surface area contributed by atoms with Gasteiger partial charge in [-0.15, -0.1) is 0 Å². The number of nitrogens with zero attached hydrogens (tertiary/aromatic N) is 3. The van der Waals surface area contributed by atoms with Gasteiger partial charge in [0.05, 0.1) is 23.0 Å². The van der Waals surface area contributed by atoms with Crippen molar-refractivity contribution in [3.8, 4) is 16.6 Å². The SMILES string of the molecule is COc1ccccc1OCC(=O)Nc1cc(C)nn1-c1nc2c(C)cc(C)cc2s1. The van der Waals surface area contributed by atoms with E-state index in [0.717, 1.165) is 21.5 Å². The van der Waals surface area contributed by atoms with Crippen LogP contribution in [0.5, 0.6) is 11.5 Å². The highest BCUT2D eigenvalue weighted by atomic mass is 32.1. The van der Waals surface area contributed by atoms with Crippen molar-refractivity contribution in [1.29, 1.82) is 0 Å². The lowest BCUT2D eigenvalue weighted by atomic mass is 10.1. The highest BCUT2D eigenvalue weighted by molar-refractivity contribution is 7.20. The molecule has 0 aliphatic carbocycles. The first-order valence-electron chi connectivity index (χ1n) is 9.45. The van der Waals surface area contributed by atoms with Gasteiger partial charge >= 0.3 is 0 Å². The van der Waals surface area contributed by atoms with Crippen LogP contribution in [-0.2, 0) is 4.79 Å². The maximum atomic E-state index is 12.5. The number of nitrogens with one attached hydrogen (secondary N) is 1. The molecule has 0 atom stereocenters. The summed E-state index contributed by atoms with van der Waals surface area (Å²) in [5.74, 6) is 1.34. The third-order valence-electron chi connectivity index (χ3n) is 4.53.